The van der Waals surface area contributed by atoms with Crippen LogP contribution < -0.4 is 5.32 Å². The zero-order valence-electron chi connectivity index (χ0n) is 10.9. The highest BCUT2D eigenvalue weighted by Crippen LogP contribution is 2.22. The maximum Gasteiger partial charge on any atom is 0.173 e. The van der Waals surface area contributed by atoms with E-state index in [0.717, 1.165) is 27.9 Å². The van der Waals surface area contributed by atoms with Gasteiger partial charge >= 0.3 is 0 Å². The maximum atomic E-state index is 5.95. The highest BCUT2D eigenvalue weighted by molar-refractivity contribution is 7.80. The van der Waals surface area contributed by atoms with E-state index in [-0.39, 0.29) is 0 Å². The average Bonchev–Trinajstić information content (AvgIpc) is 2.33. The third-order valence-electron chi connectivity index (χ3n) is 3.49. The smallest absolute Gasteiger partial charge is 0.173 e. The first-order chi connectivity index (χ1) is 8.58. The number of rotatable bonds is 1. The van der Waals surface area contributed by atoms with Gasteiger partial charge in [-0.15, -0.1) is 0 Å². The molecule has 1 aromatic carbocycles. The van der Waals surface area contributed by atoms with Crippen molar-refractivity contribution in [3.8, 4) is 0 Å². The molecule has 2 rings (SSSR count). The van der Waals surface area contributed by atoms with Crippen LogP contribution in [0.2, 0.25) is 5.02 Å². The second-order valence-electron chi connectivity index (χ2n) is 4.93. The molecule has 1 atom stereocenters. The molecule has 0 bridgehead atoms. The summed E-state index contributed by atoms with van der Waals surface area (Å²) in [5, 5.41) is 4.92. The molecule has 1 saturated heterocycles. The van der Waals surface area contributed by atoms with Gasteiger partial charge in [0, 0.05) is 23.3 Å². The van der Waals surface area contributed by atoms with E-state index >= 15 is 0 Å². The number of hydrogen-bond donors (Lipinski definition) is 1. The fourth-order valence-corrected chi connectivity index (χ4v) is 2.96. The van der Waals surface area contributed by atoms with Crippen molar-refractivity contribution >= 4 is 34.6 Å². The minimum absolute atomic E-state index is 0.534. The van der Waals surface area contributed by atoms with Gasteiger partial charge in [0.1, 0.15) is 0 Å². The van der Waals surface area contributed by atoms with Crippen LogP contribution in [-0.4, -0.2) is 22.6 Å². The van der Waals surface area contributed by atoms with Crippen LogP contribution in [0.15, 0.2) is 18.2 Å². The lowest BCUT2D eigenvalue weighted by Crippen LogP contribution is -2.44. The average molecular weight is 283 g/mol. The summed E-state index contributed by atoms with van der Waals surface area (Å²) in [5.74, 6) is 0. The fourth-order valence-electron chi connectivity index (χ4n) is 2.35. The van der Waals surface area contributed by atoms with Gasteiger partial charge in [-0.2, -0.15) is 0 Å². The van der Waals surface area contributed by atoms with E-state index in [1.165, 1.54) is 19.3 Å². The molecule has 98 valence electrons. The molecule has 18 heavy (non-hydrogen) atoms. The zero-order valence-corrected chi connectivity index (χ0v) is 12.4. The van der Waals surface area contributed by atoms with Crippen LogP contribution in [0.4, 0.5) is 5.69 Å². The number of nitrogens with zero attached hydrogens (tertiary/aromatic N) is 1. The predicted octanol–water partition coefficient (Wildman–Crippen LogP) is 4.22. The Labute approximate surface area is 119 Å². The molecule has 1 aliphatic rings. The number of thiocarbonyl (C=S) groups is 1. The molecular formula is C14H19ClN2S. The van der Waals surface area contributed by atoms with Crippen LogP contribution >= 0.6 is 23.8 Å². The summed E-state index contributed by atoms with van der Waals surface area (Å²) in [6, 6.07) is 6.36. The highest BCUT2D eigenvalue weighted by atomic mass is 35.5. The normalized spacial score (nSPS) is 19.7. The van der Waals surface area contributed by atoms with Crippen molar-refractivity contribution in [2.24, 2.45) is 0 Å². The second kappa shape index (κ2) is 5.89. The van der Waals surface area contributed by atoms with Crippen molar-refractivity contribution in [2.45, 2.75) is 39.2 Å². The number of piperidine rings is 1. The fraction of sp³-hybridized carbons (Fsp3) is 0.500. The Bertz CT molecular complexity index is 447. The topological polar surface area (TPSA) is 15.3 Å². The monoisotopic (exact) mass is 282 g/mol. The largest absolute Gasteiger partial charge is 0.346 e. The quantitative estimate of drug-likeness (QED) is 0.777. The van der Waals surface area contributed by atoms with Gasteiger partial charge in [0.15, 0.2) is 5.11 Å². The van der Waals surface area contributed by atoms with E-state index < -0.39 is 0 Å². The molecule has 0 aliphatic carbocycles. The van der Waals surface area contributed by atoms with Crippen molar-refractivity contribution in [3.63, 3.8) is 0 Å². The third-order valence-corrected chi connectivity index (χ3v) is 4.07. The van der Waals surface area contributed by atoms with Gasteiger partial charge < -0.3 is 10.2 Å². The molecule has 0 radical (unpaired) electrons. The summed E-state index contributed by atoms with van der Waals surface area (Å²) < 4.78 is 0. The van der Waals surface area contributed by atoms with Crippen LogP contribution in [0.3, 0.4) is 0 Å². The molecule has 0 aromatic heterocycles. The molecule has 1 N–H and O–H groups in total. The number of nitrogens with one attached hydrogen (secondary N) is 1. The van der Waals surface area contributed by atoms with Crippen molar-refractivity contribution in [2.75, 3.05) is 11.9 Å². The Morgan fingerprint density at radius 3 is 2.89 bits per heavy atom. The van der Waals surface area contributed by atoms with E-state index in [1.807, 2.05) is 25.1 Å². The Kier molecular flexibility index (Phi) is 4.46. The van der Waals surface area contributed by atoms with Crippen molar-refractivity contribution in [1.82, 2.24) is 4.90 Å². The molecule has 0 saturated carbocycles. The van der Waals surface area contributed by atoms with E-state index in [4.69, 9.17) is 23.8 Å². The Morgan fingerprint density at radius 2 is 2.22 bits per heavy atom. The second-order valence-corrected chi connectivity index (χ2v) is 5.75. The van der Waals surface area contributed by atoms with Gasteiger partial charge in [0.25, 0.3) is 0 Å². The maximum absolute atomic E-state index is 5.95. The summed E-state index contributed by atoms with van der Waals surface area (Å²) >= 11 is 11.5. The third kappa shape index (κ3) is 3.15. The van der Waals surface area contributed by atoms with E-state index in [1.54, 1.807) is 0 Å². The lowest BCUT2D eigenvalue weighted by atomic mass is 10.0. The number of likely N-dealkylation sites (tertiary alicyclic amines) is 1. The Hall–Kier alpha value is -0.800. The van der Waals surface area contributed by atoms with Crippen LogP contribution in [0, 0.1) is 6.92 Å². The molecule has 1 aromatic rings. The van der Waals surface area contributed by atoms with Gasteiger partial charge in [-0.3, -0.25) is 0 Å². The van der Waals surface area contributed by atoms with Crippen LogP contribution in [0.5, 0.6) is 0 Å². The van der Waals surface area contributed by atoms with Gasteiger partial charge in [-0.1, -0.05) is 11.6 Å². The van der Waals surface area contributed by atoms with Crippen molar-refractivity contribution in [3.05, 3.63) is 28.8 Å². The van der Waals surface area contributed by atoms with E-state index in [0.29, 0.717) is 6.04 Å². The summed E-state index contributed by atoms with van der Waals surface area (Å²) in [6.45, 7) is 5.33. The van der Waals surface area contributed by atoms with Gasteiger partial charge in [-0.05, 0) is 69.1 Å². The molecule has 1 unspecified atom stereocenters. The molecule has 2 nitrogen and oxygen atoms in total. The molecule has 1 heterocycles. The number of hydrogen-bond acceptors (Lipinski definition) is 1. The van der Waals surface area contributed by atoms with Crippen LogP contribution in [0.25, 0.3) is 0 Å². The minimum atomic E-state index is 0.534. The first-order valence-corrected chi connectivity index (χ1v) is 7.20. The Morgan fingerprint density at radius 1 is 1.44 bits per heavy atom. The summed E-state index contributed by atoms with van der Waals surface area (Å²) in [7, 11) is 0. The number of aryl methyl sites for hydroxylation is 1. The lowest BCUT2D eigenvalue weighted by Gasteiger charge is -2.35. The number of halogens is 1. The van der Waals surface area contributed by atoms with Crippen molar-refractivity contribution < 1.29 is 0 Å². The first-order valence-electron chi connectivity index (χ1n) is 6.41. The first kappa shape index (κ1) is 13.6. The molecule has 0 amide bonds. The molecular weight excluding hydrogens is 264 g/mol. The lowest BCUT2D eigenvalue weighted by molar-refractivity contribution is 0.262. The molecule has 1 aliphatic heterocycles. The standard InChI is InChI=1S/C14H19ClN2S/c1-10-9-12(15)6-7-13(10)16-14(18)17-8-4-3-5-11(17)2/h6-7,9,11H,3-5,8H2,1-2H3,(H,16,18). The predicted molar refractivity (Wildman–Crippen MR) is 82.4 cm³/mol. The summed E-state index contributed by atoms with van der Waals surface area (Å²) in [5.41, 5.74) is 2.16. The minimum Gasteiger partial charge on any atom is -0.346 e. The van der Waals surface area contributed by atoms with Crippen molar-refractivity contribution in [1.29, 1.82) is 0 Å². The zero-order chi connectivity index (χ0) is 13.1. The SMILES string of the molecule is Cc1cc(Cl)ccc1NC(=S)N1CCCCC1C. The summed E-state index contributed by atoms with van der Waals surface area (Å²) in [6.07, 6.45) is 3.76. The van der Waals surface area contributed by atoms with Gasteiger partial charge in [0.05, 0.1) is 0 Å². The molecule has 1 fully saturated rings. The van der Waals surface area contributed by atoms with Crippen LogP contribution in [-0.2, 0) is 0 Å². The highest BCUT2D eigenvalue weighted by Gasteiger charge is 2.20. The Balaban J connectivity index is 2.06. The molecule has 4 heteroatoms. The van der Waals surface area contributed by atoms with Crippen LogP contribution in [0.1, 0.15) is 31.7 Å². The van der Waals surface area contributed by atoms with E-state index in [9.17, 15) is 0 Å². The summed E-state index contributed by atoms with van der Waals surface area (Å²) in [4.78, 5) is 2.28. The van der Waals surface area contributed by atoms with Gasteiger partial charge in [-0.25, -0.2) is 0 Å². The van der Waals surface area contributed by atoms with Gasteiger partial charge in [0.2, 0.25) is 0 Å². The number of benzene rings is 1. The molecule has 0 spiro atoms. The number of anilines is 1. The van der Waals surface area contributed by atoms with E-state index in [2.05, 4.69) is 17.1 Å².